The molecular formula is C24H24O10. The number of hydrogen-bond donors (Lipinski definition) is 5. The van der Waals surface area contributed by atoms with E-state index in [0.29, 0.717) is 5.56 Å². The van der Waals surface area contributed by atoms with E-state index in [4.69, 9.17) is 13.9 Å². The highest BCUT2D eigenvalue weighted by Gasteiger charge is 2.45. The first-order chi connectivity index (χ1) is 16.1. The van der Waals surface area contributed by atoms with Crippen LogP contribution in [0.1, 0.15) is 20.3 Å². The third-order valence-electron chi connectivity index (χ3n) is 5.85. The minimum Gasteiger partial charge on any atom is -0.508 e. The maximum Gasteiger partial charge on any atom is 0.303 e. The Morgan fingerprint density at radius 3 is 2.35 bits per heavy atom. The molecule has 5 N–H and O–H groups in total. The molecule has 34 heavy (non-hydrogen) atoms. The van der Waals surface area contributed by atoms with Crippen molar-refractivity contribution in [2.75, 3.05) is 0 Å². The topological polar surface area (TPSA) is 167 Å². The molecule has 180 valence electrons. The highest BCUT2D eigenvalue weighted by atomic mass is 16.6. The van der Waals surface area contributed by atoms with Crippen LogP contribution in [0.5, 0.6) is 23.0 Å². The Morgan fingerprint density at radius 2 is 1.71 bits per heavy atom. The highest BCUT2D eigenvalue weighted by Crippen LogP contribution is 2.38. The Hall–Kier alpha value is -3.76. The van der Waals surface area contributed by atoms with Crippen LogP contribution in [0.3, 0.4) is 0 Å². The van der Waals surface area contributed by atoms with E-state index in [1.54, 1.807) is 6.92 Å². The molecule has 5 atom stereocenters. The van der Waals surface area contributed by atoms with Crippen LogP contribution < -0.4 is 10.2 Å². The molecular weight excluding hydrogens is 448 g/mol. The molecule has 4 rings (SSSR count). The maximum atomic E-state index is 13.4. The molecule has 0 spiro atoms. The number of aromatic hydroxyl groups is 3. The van der Waals surface area contributed by atoms with Crippen molar-refractivity contribution in [2.45, 2.75) is 44.7 Å². The molecule has 10 nitrogen and oxygen atoms in total. The third kappa shape index (κ3) is 4.25. The highest BCUT2D eigenvalue weighted by molar-refractivity contribution is 5.88. The summed E-state index contributed by atoms with van der Waals surface area (Å²) in [6.07, 6.45) is -4.87. The van der Waals surface area contributed by atoms with Gasteiger partial charge in [-0.3, -0.25) is 9.59 Å². The lowest BCUT2D eigenvalue weighted by Gasteiger charge is -2.40. The van der Waals surface area contributed by atoms with Gasteiger partial charge in [-0.25, -0.2) is 0 Å². The van der Waals surface area contributed by atoms with Crippen molar-refractivity contribution in [3.63, 3.8) is 0 Å². The van der Waals surface area contributed by atoms with E-state index >= 15 is 0 Å². The first-order valence-corrected chi connectivity index (χ1v) is 10.6. The van der Waals surface area contributed by atoms with Gasteiger partial charge < -0.3 is 39.4 Å². The zero-order chi connectivity index (χ0) is 24.7. The van der Waals surface area contributed by atoms with Gasteiger partial charge in [-0.1, -0.05) is 6.92 Å². The summed E-state index contributed by atoms with van der Waals surface area (Å²) in [4.78, 5) is 24.8. The first-order valence-electron chi connectivity index (χ1n) is 10.6. The molecule has 1 unspecified atom stereocenters. The summed E-state index contributed by atoms with van der Waals surface area (Å²) >= 11 is 0. The van der Waals surface area contributed by atoms with Gasteiger partial charge in [0.25, 0.3) is 0 Å². The second-order valence-electron chi connectivity index (χ2n) is 8.40. The number of phenols is 3. The van der Waals surface area contributed by atoms with Gasteiger partial charge >= 0.3 is 5.97 Å². The lowest BCUT2D eigenvalue weighted by Crippen LogP contribution is -2.56. The van der Waals surface area contributed by atoms with Gasteiger partial charge in [0.1, 0.15) is 52.6 Å². The number of aliphatic hydroxyl groups is 2. The van der Waals surface area contributed by atoms with Crippen molar-refractivity contribution in [2.24, 2.45) is 5.92 Å². The SMILES string of the molecule is CC(=O)O[C@@H]1[C@@H](O)[C@@H](O)C(Oc2c(-c3ccc(O)cc3)oc3cc(O)cc(O)c3c2=O)C[C@H]1C. The van der Waals surface area contributed by atoms with Crippen molar-refractivity contribution < 1.29 is 44.2 Å². The van der Waals surface area contributed by atoms with Crippen LogP contribution in [0.25, 0.3) is 22.3 Å². The molecule has 2 aromatic carbocycles. The second-order valence-corrected chi connectivity index (χ2v) is 8.40. The molecule has 1 aliphatic carbocycles. The van der Waals surface area contributed by atoms with Crippen LogP contribution in [-0.4, -0.2) is 55.9 Å². The number of carbonyl (C=O) groups excluding carboxylic acids is 1. The molecule has 0 saturated heterocycles. The van der Waals surface area contributed by atoms with E-state index in [1.807, 2.05) is 0 Å². The standard InChI is InChI=1S/C24H24O10/c1-10-7-17(19(29)21(31)22(10)32-11(2)25)34-24-20(30)18-15(28)8-14(27)9-16(18)33-23(24)12-3-5-13(26)6-4-12/h3-6,8-10,17,19,21-22,26-29,31H,7H2,1-2H3/t10-,17?,19+,21+,22+/m1/s1. The Kier molecular flexibility index (Phi) is 6.11. The van der Waals surface area contributed by atoms with Gasteiger partial charge in [0, 0.05) is 24.6 Å². The maximum absolute atomic E-state index is 13.4. The van der Waals surface area contributed by atoms with Gasteiger partial charge in [0.05, 0.1) is 0 Å². The lowest BCUT2D eigenvalue weighted by molar-refractivity contribution is -0.182. The first kappa shape index (κ1) is 23.4. The van der Waals surface area contributed by atoms with Gasteiger partial charge in [-0.2, -0.15) is 0 Å². The number of carbonyl (C=O) groups is 1. The molecule has 1 aliphatic rings. The summed E-state index contributed by atoms with van der Waals surface area (Å²) in [7, 11) is 0. The van der Waals surface area contributed by atoms with E-state index in [-0.39, 0.29) is 40.4 Å². The fraction of sp³-hybridized carbons (Fsp3) is 0.333. The fourth-order valence-corrected chi connectivity index (χ4v) is 4.22. The van der Waals surface area contributed by atoms with Crippen LogP contribution >= 0.6 is 0 Å². The number of benzene rings is 2. The minimum atomic E-state index is -1.50. The summed E-state index contributed by atoms with van der Waals surface area (Å²) in [6.45, 7) is 2.90. The quantitative estimate of drug-likeness (QED) is 0.354. The van der Waals surface area contributed by atoms with Crippen molar-refractivity contribution in [1.82, 2.24) is 0 Å². The van der Waals surface area contributed by atoms with Crippen molar-refractivity contribution in [3.8, 4) is 34.3 Å². The molecule has 1 heterocycles. The summed E-state index contributed by atoms with van der Waals surface area (Å²) in [5.41, 5.74) is -0.532. The van der Waals surface area contributed by atoms with Gasteiger partial charge in [-0.15, -0.1) is 0 Å². The van der Waals surface area contributed by atoms with Crippen molar-refractivity contribution in [3.05, 3.63) is 46.6 Å². The van der Waals surface area contributed by atoms with Gasteiger partial charge in [-0.05, 0) is 36.6 Å². The summed E-state index contributed by atoms with van der Waals surface area (Å²) in [5.74, 6) is -2.31. The normalized spacial score (nSPS) is 24.6. The number of ether oxygens (including phenoxy) is 2. The lowest BCUT2D eigenvalue weighted by atomic mass is 9.81. The Labute approximate surface area is 193 Å². The predicted molar refractivity (Wildman–Crippen MR) is 119 cm³/mol. The van der Waals surface area contributed by atoms with E-state index < -0.39 is 47.5 Å². The number of aliphatic hydroxyl groups excluding tert-OH is 2. The molecule has 0 radical (unpaired) electrons. The van der Waals surface area contributed by atoms with Crippen LogP contribution in [-0.2, 0) is 9.53 Å². The largest absolute Gasteiger partial charge is 0.508 e. The Morgan fingerprint density at radius 1 is 1.03 bits per heavy atom. The molecule has 0 amide bonds. The average molecular weight is 472 g/mol. The molecule has 0 bridgehead atoms. The van der Waals surface area contributed by atoms with Crippen LogP contribution in [0.2, 0.25) is 0 Å². The van der Waals surface area contributed by atoms with Crippen LogP contribution in [0, 0.1) is 5.92 Å². The number of phenolic OH excluding ortho intramolecular Hbond substituents is 3. The van der Waals surface area contributed by atoms with Gasteiger partial charge in [0.2, 0.25) is 11.2 Å². The molecule has 3 aromatic rings. The van der Waals surface area contributed by atoms with Crippen molar-refractivity contribution >= 4 is 16.9 Å². The molecule has 1 fully saturated rings. The summed E-state index contributed by atoms with van der Waals surface area (Å²) in [5, 5.41) is 50.7. The molecule has 1 aromatic heterocycles. The predicted octanol–water partition coefficient (Wildman–Crippen LogP) is 2.02. The van der Waals surface area contributed by atoms with Crippen LogP contribution in [0.4, 0.5) is 0 Å². The zero-order valence-corrected chi connectivity index (χ0v) is 18.3. The van der Waals surface area contributed by atoms with E-state index in [2.05, 4.69) is 0 Å². The second kappa shape index (κ2) is 8.88. The van der Waals surface area contributed by atoms with E-state index in [9.17, 15) is 35.1 Å². The molecule has 10 heteroatoms. The number of rotatable bonds is 4. The number of hydrogen-bond acceptors (Lipinski definition) is 10. The van der Waals surface area contributed by atoms with E-state index in [1.165, 1.54) is 31.2 Å². The van der Waals surface area contributed by atoms with Crippen LogP contribution in [0.15, 0.2) is 45.6 Å². The van der Waals surface area contributed by atoms with Crippen molar-refractivity contribution in [1.29, 1.82) is 0 Å². The molecule has 0 aliphatic heterocycles. The van der Waals surface area contributed by atoms with Gasteiger partial charge in [0.15, 0.2) is 5.76 Å². The molecule has 1 saturated carbocycles. The summed E-state index contributed by atoms with van der Waals surface area (Å²) in [6, 6.07) is 7.83. The minimum absolute atomic E-state index is 0.0270. The average Bonchev–Trinajstić information content (AvgIpc) is 2.76. The number of fused-ring (bicyclic) bond motifs is 1. The summed E-state index contributed by atoms with van der Waals surface area (Å²) < 4.78 is 16.9. The number of esters is 1. The monoisotopic (exact) mass is 472 g/mol. The third-order valence-corrected chi connectivity index (χ3v) is 5.85. The Bertz CT molecular complexity index is 1280. The fourth-order valence-electron chi connectivity index (χ4n) is 4.22. The smallest absolute Gasteiger partial charge is 0.303 e. The zero-order valence-electron chi connectivity index (χ0n) is 18.3. The van der Waals surface area contributed by atoms with E-state index in [0.717, 1.165) is 12.1 Å². The Balaban J connectivity index is 1.82.